The van der Waals surface area contributed by atoms with Crippen LogP contribution in [-0.2, 0) is 7.05 Å². The van der Waals surface area contributed by atoms with Gasteiger partial charge in [-0.3, -0.25) is 9.59 Å². The van der Waals surface area contributed by atoms with Crippen molar-refractivity contribution in [2.24, 2.45) is 7.05 Å². The van der Waals surface area contributed by atoms with Crippen LogP contribution in [0.3, 0.4) is 0 Å². The second-order valence-electron chi connectivity index (χ2n) is 5.80. The Hall–Kier alpha value is -2.34. The Kier molecular flexibility index (Phi) is 4.32. The number of rotatable bonds is 3. The Bertz CT molecular complexity index is 859. The molecule has 0 N–H and O–H groups in total. The second kappa shape index (κ2) is 6.28. The number of hydrogen-bond donors (Lipinski definition) is 0. The average Bonchev–Trinajstić information content (AvgIpc) is 2.47. The Balaban J connectivity index is 1.63. The predicted octanol–water partition coefficient (Wildman–Crippen LogP) is 2.39. The van der Waals surface area contributed by atoms with Crippen LogP contribution in [-0.4, -0.2) is 34.6 Å². The van der Waals surface area contributed by atoms with Crippen LogP contribution in [0.15, 0.2) is 35.1 Å². The summed E-state index contributed by atoms with van der Waals surface area (Å²) in [5, 5.41) is 0.0894. The molecule has 1 aliphatic heterocycles. The Morgan fingerprint density at radius 3 is 2.62 bits per heavy atom. The van der Waals surface area contributed by atoms with Crippen LogP contribution in [0.5, 0.6) is 5.75 Å². The minimum Gasteiger partial charge on any atom is -0.486 e. The number of carbonyl (C=O) groups is 1. The van der Waals surface area contributed by atoms with E-state index < -0.39 is 5.82 Å². The zero-order valence-corrected chi connectivity index (χ0v) is 14.0. The summed E-state index contributed by atoms with van der Waals surface area (Å²) >= 11 is 5.91. The van der Waals surface area contributed by atoms with E-state index in [1.54, 1.807) is 18.0 Å². The molecule has 0 aliphatic carbocycles. The number of benzene rings is 1. The van der Waals surface area contributed by atoms with E-state index in [0.29, 0.717) is 18.8 Å². The lowest BCUT2D eigenvalue weighted by atomic mass is 10.1. The third kappa shape index (κ3) is 3.14. The fourth-order valence-corrected chi connectivity index (χ4v) is 2.76. The largest absolute Gasteiger partial charge is 0.486 e. The van der Waals surface area contributed by atoms with Crippen LogP contribution in [0.1, 0.15) is 16.1 Å². The van der Waals surface area contributed by atoms with E-state index in [1.807, 2.05) is 6.92 Å². The van der Waals surface area contributed by atoms with Crippen molar-refractivity contribution < 1.29 is 13.9 Å². The summed E-state index contributed by atoms with van der Waals surface area (Å²) in [5.74, 6) is -0.255. The number of hydrogen-bond acceptors (Lipinski definition) is 3. The molecule has 1 amide bonds. The quantitative estimate of drug-likeness (QED) is 0.854. The van der Waals surface area contributed by atoms with Gasteiger partial charge < -0.3 is 14.2 Å². The molecule has 1 saturated heterocycles. The molecule has 1 aromatic heterocycles. The number of nitrogens with zero attached hydrogens (tertiary/aromatic N) is 2. The van der Waals surface area contributed by atoms with Crippen molar-refractivity contribution in [2.75, 3.05) is 13.1 Å². The zero-order chi connectivity index (χ0) is 17.4. The molecule has 3 rings (SSSR count). The molecule has 2 aromatic rings. The first-order valence-electron chi connectivity index (χ1n) is 7.44. The van der Waals surface area contributed by atoms with Gasteiger partial charge in [0.25, 0.3) is 11.5 Å². The highest BCUT2D eigenvalue weighted by Crippen LogP contribution is 2.23. The SMILES string of the molecule is Cc1cc(OC2CN(C(=O)c3ccc(F)cc3Cl)C2)cc(=O)n1C. The van der Waals surface area contributed by atoms with Gasteiger partial charge in [-0.1, -0.05) is 11.6 Å². The summed E-state index contributed by atoms with van der Waals surface area (Å²) in [6.45, 7) is 2.60. The van der Waals surface area contributed by atoms with Gasteiger partial charge in [-0.05, 0) is 31.2 Å². The van der Waals surface area contributed by atoms with Crippen molar-refractivity contribution in [3.63, 3.8) is 0 Å². The highest BCUT2D eigenvalue weighted by molar-refractivity contribution is 6.33. The summed E-state index contributed by atoms with van der Waals surface area (Å²) in [4.78, 5) is 25.6. The minimum atomic E-state index is -0.484. The van der Waals surface area contributed by atoms with E-state index in [4.69, 9.17) is 16.3 Å². The van der Waals surface area contributed by atoms with Crippen LogP contribution in [0.2, 0.25) is 5.02 Å². The molecule has 0 spiro atoms. The molecule has 0 unspecified atom stereocenters. The lowest BCUT2D eigenvalue weighted by molar-refractivity contribution is 0.0177. The van der Waals surface area contributed by atoms with E-state index in [2.05, 4.69) is 0 Å². The summed E-state index contributed by atoms with van der Waals surface area (Å²) in [6, 6.07) is 6.90. The van der Waals surface area contributed by atoms with Gasteiger partial charge in [-0.15, -0.1) is 0 Å². The van der Waals surface area contributed by atoms with Crippen molar-refractivity contribution in [1.29, 1.82) is 0 Å². The van der Waals surface area contributed by atoms with Crippen LogP contribution in [0.25, 0.3) is 0 Å². The van der Waals surface area contributed by atoms with Crippen molar-refractivity contribution in [2.45, 2.75) is 13.0 Å². The summed E-state index contributed by atoms with van der Waals surface area (Å²) in [7, 11) is 1.69. The minimum absolute atomic E-state index is 0.0894. The number of aromatic nitrogens is 1. The van der Waals surface area contributed by atoms with E-state index in [9.17, 15) is 14.0 Å². The second-order valence-corrected chi connectivity index (χ2v) is 6.21. The monoisotopic (exact) mass is 350 g/mol. The smallest absolute Gasteiger partial charge is 0.255 e. The Morgan fingerprint density at radius 2 is 2.00 bits per heavy atom. The average molecular weight is 351 g/mol. The van der Waals surface area contributed by atoms with Gasteiger partial charge in [0.1, 0.15) is 17.7 Å². The molecule has 126 valence electrons. The number of pyridine rings is 1. The molecular weight excluding hydrogens is 335 g/mol. The predicted molar refractivity (Wildman–Crippen MR) is 88.1 cm³/mol. The van der Waals surface area contributed by atoms with E-state index in [1.165, 1.54) is 22.8 Å². The van der Waals surface area contributed by atoms with Crippen LogP contribution >= 0.6 is 11.6 Å². The van der Waals surface area contributed by atoms with Crippen molar-refractivity contribution in [3.05, 3.63) is 62.8 Å². The third-order valence-electron chi connectivity index (χ3n) is 4.08. The Morgan fingerprint density at radius 1 is 1.29 bits per heavy atom. The lowest BCUT2D eigenvalue weighted by Crippen LogP contribution is -2.56. The van der Waals surface area contributed by atoms with Crippen molar-refractivity contribution in [1.82, 2.24) is 9.47 Å². The maximum Gasteiger partial charge on any atom is 0.255 e. The van der Waals surface area contributed by atoms with E-state index in [0.717, 1.165) is 11.8 Å². The highest BCUT2D eigenvalue weighted by Gasteiger charge is 2.33. The van der Waals surface area contributed by atoms with Gasteiger partial charge in [0, 0.05) is 18.8 Å². The van der Waals surface area contributed by atoms with Crippen molar-refractivity contribution >= 4 is 17.5 Å². The fourth-order valence-electron chi connectivity index (χ4n) is 2.51. The number of ether oxygens (including phenoxy) is 1. The molecule has 0 saturated carbocycles. The fraction of sp³-hybridized carbons (Fsp3) is 0.294. The molecule has 1 aliphatic rings. The molecule has 7 heteroatoms. The summed E-state index contributed by atoms with van der Waals surface area (Å²) < 4.78 is 20.3. The number of likely N-dealkylation sites (tertiary alicyclic amines) is 1. The van der Waals surface area contributed by atoms with Gasteiger partial charge in [-0.2, -0.15) is 0 Å². The number of aryl methyl sites for hydroxylation is 1. The van der Waals surface area contributed by atoms with Gasteiger partial charge in [0.05, 0.1) is 23.7 Å². The van der Waals surface area contributed by atoms with Crippen molar-refractivity contribution in [3.8, 4) is 5.75 Å². The molecule has 5 nitrogen and oxygen atoms in total. The van der Waals surface area contributed by atoms with Gasteiger partial charge in [0.15, 0.2) is 0 Å². The van der Waals surface area contributed by atoms with Crippen LogP contribution < -0.4 is 10.3 Å². The molecule has 0 radical (unpaired) electrons. The van der Waals surface area contributed by atoms with Gasteiger partial charge in [0.2, 0.25) is 0 Å². The van der Waals surface area contributed by atoms with E-state index in [-0.39, 0.29) is 28.2 Å². The highest BCUT2D eigenvalue weighted by atomic mass is 35.5. The summed E-state index contributed by atoms with van der Waals surface area (Å²) in [5.41, 5.74) is 0.916. The zero-order valence-electron chi connectivity index (χ0n) is 13.3. The number of halogens is 2. The molecule has 1 aromatic carbocycles. The first kappa shape index (κ1) is 16.5. The Labute approximate surface area is 143 Å². The first-order chi connectivity index (χ1) is 11.3. The molecule has 1 fully saturated rings. The first-order valence-corrected chi connectivity index (χ1v) is 7.81. The third-order valence-corrected chi connectivity index (χ3v) is 4.39. The maximum absolute atomic E-state index is 13.0. The molecule has 0 atom stereocenters. The summed E-state index contributed by atoms with van der Waals surface area (Å²) in [6.07, 6.45) is -0.181. The normalized spacial score (nSPS) is 14.4. The molecular formula is C17H16ClFN2O3. The standard InChI is InChI=1S/C17H16ClFN2O3/c1-10-5-12(7-16(22)20(10)2)24-13-8-21(9-13)17(23)14-4-3-11(19)6-15(14)18/h3-7,13H,8-9H2,1-2H3. The van der Waals surface area contributed by atoms with Crippen LogP contribution in [0, 0.1) is 12.7 Å². The molecule has 0 bridgehead atoms. The lowest BCUT2D eigenvalue weighted by Gasteiger charge is -2.39. The maximum atomic E-state index is 13.0. The number of carbonyl (C=O) groups excluding carboxylic acids is 1. The topological polar surface area (TPSA) is 51.5 Å². The van der Waals surface area contributed by atoms with Gasteiger partial charge in [-0.25, -0.2) is 4.39 Å². The van der Waals surface area contributed by atoms with Crippen LogP contribution in [0.4, 0.5) is 4.39 Å². The molecule has 24 heavy (non-hydrogen) atoms. The van der Waals surface area contributed by atoms with E-state index >= 15 is 0 Å². The number of amides is 1. The molecule has 2 heterocycles. The van der Waals surface area contributed by atoms with Gasteiger partial charge >= 0.3 is 0 Å².